The van der Waals surface area contributed by atoms with Crippen molar-refractivity contribution in [2.45, 2.75) is 11.8 Å². The van der Waals surface area contributed by atoms with E-state index in [1.807, 2.05) is 0 Å². The van der Waals surface area contributed by atoms with Crippen LogP contribution in [0.1, 0.15) is 5.69 Å². The highest BCUT2D eigenvalue weighted by Crippen LogP contribution is 2.17. The van der Waals surface area contributed by atoms with Crippen molar-refractivity contribution >= 4 is 26.2 Å². The van der Waals surface area contributed by atoms with Gasteiger partial charge in [-0.3, -0.25) is 0 Å². The first kappa shape index (κ1) is 9.60. The fraction of sp³-hybridized carbons (Fsp3) is 0.167. The molecule has 0 aliphatic heterocycles. The molecule has 1 aromatic rings. The summed E-state index contributed by atoms with van der Waals surface area (Å²) in [6.07, 6.45) is 0. The van der Waals surface area contributed by atoms with Crippen molar-refractivity contribution in [2.75, 3.05) is 0 Å². The monoisotopic (exact) mass is 253 g/mol. The number of rotatable bonds is 1. The summed E-state index contributed by atoms with van der Waals surface area (Å²) in [5.74, 6) is 0. The topological polar surface area (TPSA) is 47.0 Å². The van der Waals surface area contributed by atoms with Gasteiger partial charge in [0.1, 0.15) is 9.50 Å². The third-order valence-electron chi connectivity index (χ3n) is 1.27. The van der Waals surface area contributed by atoms with E-state index in [1.54, 1.807) is 0 Å². The SMILES string of the molecule is Cc1nc(Br)ccc1S(=O)(=O)F. The summed E-state index contributed by atoms with van der Waals surface area (Å²) in [5.41, 5.74) is 0.145. The molecule has 12 heavy (non-hydrogen) atoms. The number of hydrogen-bond acceptors (Lipinski definition) is 3. The minimum Gasteiger partial charge on any atom is -0.245 e. The fourth-order valence-electron chi connectivity index (χ4n) is 0.775. The second kappa shape index (κ2) is 3.10. The lowest BCUT2D eigenvalue weighted by Gasteiger charge is -1.98. The molecule has 3 nitrogen and oxygen atoms in total. The summed E-state index contributed by atoms with van der Waals surface area (Å²) in [4.78, 5) is 3.35. The van der Waals surface area contributed by atoms with Crippen LogP contribution in [0.4, 0.5) is 3.89 Å². The molecular formula is C6H5BrFNO2S. The second-order valence-electron chi connectivity index (χ2n) is 2.16. The van der Waals surface area contributed by atoms with Crippen molar-refractivity contribution in [1.29, 1.82) is 0 Å². The Morgan fingerprint density at radius 3 is 2.50 bits per heavy atom. The van der Waals surface area contributed by atoms with Gasteiger partial charge in [-0.05, 0) is 35.0 Å². The lowest BCUT2D eigenvalue weighted by atomic mass is 10.4. The maximum Gasteiger partial charge on any atom is 0.333 e. The van der Waals surface area contributed by atoms with E-state index < -0.39 is 10.2 Å². The fourth-order valence-corrected chi connectivity index (χ4v) is 1.80. The van der Waals surface area contributed by atoms with Gasteiger partial charge in [0, 0.05) is 0 Å². The number of aromatic nitrogens is 1. The lowest BCUT2D eigenvalue weighted by molar-refractivity contribution is 0.550. The number of hydrogen-bond donors (Lipinski definition) is 0. The van der Waals surface area contributed by atoms with Crippen LogP contribution in [0, 0.1) is 6.92 Å². The normalized spacial score (nSPS) is 11.6. The van der Waals surface area contributed by atoms with Crippen LogP contribution in [0.3, 0.4) is 0 Å². The van der Waals surface area contributed by atoms with E-state index in [0.29, 0.717) is 4.60 Å². The molecule has 1 rings (SSSR count). The minimum atomic E-state index is -4.63. The Hall–Kier alpha value is -0.490. The Bertz CT molecular complexity index is 404. The standard InChI is InChI=1S/C6H5BrFNO2S/c1-4-5(12(8,10)11)2-3-6(7)9-4/h2-3H,1H3. The highest BCUT2D eigenvalue weighted by Gasteiger charge is 2.15. The molecule has 0 unspecified atom stereocenters. The highest BCUT2D eigenvalue weighted by atomic mass is 79.9. The molecule has 0 amide bonds. The molecule has 0 radical (unpaired) electrons. The van der Waals surface area contributed by atoms with Crippen LogP contribution in [0.15, 0.2) is 21.6 Å². The summed E-state index contributed by atoms with van der Waals surface area (Å²) in [5, 5.41) is 0. The van der Waals surface area contributed by atoms with Gasteiger partial charge in [0.15, 0.2) is 0 Å². The Morgan fingerprint density at radius 2 is 2.08 bits per heavy atom. The minimum absolute atomic E-state index is 0.145. The van der Waals surface area contributed by atoms with Crippen LogP contribution in [0.5, 0.6) is 0 Å². The molecule has 0 fully saturated rings. The Balaban J connectivity index is 3.39. The van der Waals surface area contributed by atoms with Crippen LogP contribution < -0.4 is 0 Å². The summed E-state index contributed by atoms with van der Waals surface area (Å²) < 4.78 is 33.8. The van der Waals surface area contributed by atoms with E-state index in [9.17, 15) is 12.3 Å². The van der Waals surface area contributed by atoms with E-state index in [0.717, 1.165) is 0 Å². The first-order valence-electron chi connectivity index (χ1n) is 2.99. The van der Waals surface area contributed by atoms with Crippen molar-refractivity contribution < 1.29 is 12.3 Å². The molecule has 0 bridgehead atoms. The molecule has 6 heteroatoms. The quantitative estimate of drug-likeness (QED) is 0.567. The van der Waals surface area contributed by atoms with E-state index in [1.165, 1.54) is 19.1 Å². The first-order valence-corrected chi connectivity index (χ1v) is 5.17. The Labute approximate surface area is 78.0 Å². The molecule has 0 aromatic carbocycles. The van der Waals surface area contributed by atoms with Crippen molar-refractivity contribution in [2.24, 2.45) is 0 Å². The Kier molecular flexibility index (Phi) is 2.48. The summed E-state index contributed by atoms with van der Waals surface area (Å²) in [7, 11) is -4.63. The predicted octanol–water partition coefficient (Wildman–Crippen LogP) is 1.81. The third-order valence-corrected chi connectivity index (χ3v) is 2.66. The predicted molar refractivity (Wildman–Crippen MR) is 45.0 cm³/mol. The number of aryl methyl sites for hydroxylation is 1. The van der Waals surface area contributed by atoms with Crippen molar-refractivity contribution in [1.82, 2.24) is 4.98 Å². The average Bonchev–Trinajstić information content (AvgIpc) is 1.83. The lowest BCUT2D eigenvalue weighted by Crippen LogP contribution is -1.97. The molecule has 0 aliphatic rings. The van der Waals surface area contributed by atoms with Gasteiger partial charge in [-0.2, -0.15) is 8.42 Å². The zero-order chi connectivity index (χ0) is 9.35. The van der Waals surface area contributed by atoms with Gasteiger partial charge in [0.2, 0.25) is 0 Å². The zero-order valence-corrected chi connectivity index (χ0v) is 8.49. The van der Waals surface area contributed by atoms with Gasteiger partial charge in [0.25, 0.3) is 0 Å². The summed E-state index contributed by atoms with van der Waals surface area (Å²) >= 11 is 3.03. The molecule has 66 valence electrons. The van der Waals surface area contributed by atoms with Gasteiger partial charge < -0.3 is 0 Å². The number of halogens is 2. The van der Waals surface area contributed by atoms with Crippen LogP contribution in [-0.2, 0) is 10.2 Å². The van der Waals surface area contributed by atoms with Gasteiger partial charge >= 0.3 is 10.2 Å². The van der Waals surface area contributed by atoms with Crippen LogP contribution in [0.2, 0.25) is 0 Å². The smallest absolute Gasteiger partial charge is 0.245 e. The van der Waals surface area contributed by atoms with E-state index in [2.05, 4.69) is 20.9 Å². The largest absolute Gasteiger partial charge is 0.333 e. The second-order valence-corrected chi connectivity index (χ2v) is 4.28. The molecule has 0 saturated heterocycles. The molecular weight excluding hydrogens is 249 g/mol. The van der Waals surface area contributed by atoms with E-state index in [-0.39, 0.29) is 10.6 Å². The first-order chi connectivity index (χ1) is 5.41. The van der Waals surface area contributed by atoms with E-state index in [4.69, 9.17) is 0 Å². The van der Waals surface area contributed by atoms with Gasteiger partial charge in [-0.25, -0.2) is 4.98 Å². The van der Waals surface area contributed by atoms with Gasteiger partial charge in [-0.1, -0.05) is 0 Å². The summed E-state index contributed by atoms with van der Waals surface area (Å²) in [6, 6.07) is 2.54. The molecule has 0 N–H and O–H groups in total. The van der Waals surface area contributed by atoms with E-state index >= 15 is 0 Å². The van der Waals surface area contributed by atoms with Crippen molar-refractivity contribution in [3.63, 3.8) is 0 Å². The molecule has 1 heterocycles. The maximum absolute atomic E-state index is 12.4. The summed E-state index contributed by atoms with van der Waals surface area (Å²) in [6.45, 7) is 1.43. The third kappa shape index (κ3) is 2.01. The number of nitrogens with zero attached hydrogens (tertiary/aromatic N) is 1. The highest BCUT2D eigenvalue weighted by molar-refractivity contribution is 9.10. The average molecular weight is 254 g/mol. The van der Waals surface area contributed by atoms with Gasteiger partial charge in [-0.15, -0.1) is 3.89 Å². The van der Waals surface area contributed by atoms with Crippen molar-refractivity contribution in [3.05, 3.63) is 22.4 Å². The zero-order valence-electron chi connectivity index (χ0n) is 6.08. The molecule has 1 aromatic heterocycles. The molecule has 0 saturated carbocycles. The van der Waals surface area contributed by atoms with Crippen LogP contribution >= 0.6 is 15.9 Å². The maximum atomic E-state index is 12.4. The van der Waals surface area contributed by atoms with Crippen LogP contribution in [-0.4, -0.2) is 13.4 Å². The molecule has 0 atom stereocenters. The molecule has 0 aliphatic carbocycles. The Morgan fingerprint density at radius 1 is 1.50 bits per heavy atom. The molecule has 0 spiro atoms. The van der Waals surface area contributed by atoms with Crippen LogP contribution in [0.25, 0.3) is 0 Å². The van der Waals surface area contributed by atoms with Crippen molar-refractivity contribution in [3.8, 4) is 0 Å². The number of pyridine rings is 1. The van der Waals surface area contributed by atoms with Gasteiger partial charge in [0.05, 0.1) is 5.69 Å².